The molecule has 0 radical (unpaired) electrons. The molecular formula is C17H28Cl2Si. The normalized spacial score (nSPS) is 11.2. The van der Waals surface area contributed by atoms with Crippen molar-refractivity contribution >= 4 is 29.6 Å². The monoisotopic (exact) mass is 330 g/mol. The molecule has 0 saturated heterocycles. The Morgan fingerprint density at radius 2 is 1.15 bits per heavy atom. The molecule has 1 rings (SSSR count). The summed E-state index contributed by atoms with van der Waals surface area (Å²) in [4.78, 5) is 0. The van der Waals surface area contributed by atoms with Gasteiger partial charge in [-0.15, -0.1) is 0 Å². The molecule has 0 aliphatic heterocycles. The summed E-state index contributed by atoms with van der Waals surface area (Å²) < 4.78 is 0. The highest BCUT2D eigenvalue weighted by atomic mass is 35.7. The van der Waals surface area contributed by atoms with E-state index in [1.165, 1.54) is 69.8 Å². The minimum absolute atomic E-state index is 1.09. The average Bonchev–Trinajstić information content (AvgIpc) is 2.45. The van der Waals surface area contributed by atoms with Gasteiger partial charge in [-0.05, 0) is 24.4 Å². The molecule has 0 aliphatic carbocycles. The zero-order chi connectivity index (χ0) is 14.5. The molecule has 0 fully saturated rings. The van der Waals surface area contributed by atoms with Crippen LogP contribution in [0.2, 0.25) is 6.04 Å². The zero-order valence-corrected chi connectivity index (χ0v) is 15.2. The van der Waals surface area contributed by atoms with Gasteiger partial charge in [-0.3, -0.25) is 0 Å². The molecule has 0 spiro atoms. The second kappa shape index (κ2) is 12.7. The Morgan fingerprint density at radius 1 is 0.650 bits per heavy atom. The van der Waals surface area contributed by atoms with Gasteiger partial charge in [0, 0.05) is 0 Å². The van der Waals surface area contributed by atoms with Gasteiger partial charge in [0.15, 0.2) is 0 Å². The molecule has 20 heavy (non-hydrogen) atoms. The Labute approximate surface area is 135 Å². The van der Waals surface area contributed by atoms with Gasteiger partial charge in [0.25, 0.3) is 0 Å². The SMILES string of the molecule is Cl[SiH](Cl)CCCCCCCCCCCc1ccccc1. The summed E-state index contributed by atoms with van der Waals surface area (Å²) in [6.45, 7) is 0. The molecule has 0 aliphatic rings. The van der Waals surface area contributed by atoms with Gasteiger partial charge < -0.3 is 0 Å². The molecular weight excluding hydrogens is 303 g/mol. The van der Waals surface area contributed by atoms with E-state index in [-0.39, 0.29) is 0 Å². The van der Waals surface area contributed by atoms with E-state index in [4.69, 9.17) is 22.2 Å². The molecule has 0 unspecified atom stereocenters. The Morgan fingerprint density at radius 3 is 1.70 bits per heavy atom. The van der Waals surface area contributed by atoms with Crippen molar-refractivity contribution < 1.29 is 0 Å². The third kappa shape index (κ3) is 10.8. The van der Waals surface area contributed by atoms with E-state index < -0.39 is 7.42 Å². The third-order valence-corrected chi connectivity index (χ3v) is 5.88. The van der Waals surface area contributed by atoms with E-state index in [9.17, 15) is 0 Å². The maximum atomic E-state index is 5.84. The van der Waals surface area contributed by atoms with E-state index in [0.29, 0.717) is 0 Å². The number of unbranched alkanes of at least 4 members (excludes halogenated alkanes) is 8. The topological polar surface area (TPSA) is 0 Å². The third-order valence-electron chi connectivity index (χ3n) is 3.73. The molecule has 1 aromatic carbocycles. The van der Waals surface area contributed by atoms with Crippen LogP contribution in [-0.2, 0) is 6.42 Å². The second-order valence-corrected chi connectivity index (χ2v) is 10.8. The second-order valence-electron chi connectivity index (χ2n) is 5.60. The summed E-state index contributed by atoms with van der Waals surface area (Å²) in [5.74, 6) is 0. The van der Waals surface area contributed by atoms with Crippen LogP contribution in [0.3, 0.4) is 0 Å². The van der Waals surface area contributed by atoms with Crippen LogP contribution in [0.25, 0.3) is 0 Å². The molecule has 0 amide bonds. The summed E-state index contributed by atoms with van der Waals surface area (Å²) in [7, 11) is -1.33. The van der Waals surface area contributed by atoms with Crippen LogP contribution in [0, 0.1) is 0 Å². The highest BCUT2D eigenvalue weighted by Gasteiger charge is 2.00. The van der Waals surface area contributed by atoms with Crippen molar-refractivity contribution in [2.24, 2.45) is 0 Å². The van der Waals surface area contributed by atoms with E-state index in [0.717, 1.165) is 6.04 Å². The van der Waals surface area contributed by atoms with Gasteiger partial charge in [-0.2, -0.15) is 22.2 Å². The maximum Gasteiger partial charge on any atom is 0.237 e. The molecule has 0 saturated carbocycles. The first-order chi connectivity index (χ1) is 9.79. The van der Waals surface area contributed by atoms with E-state index in [2.05, 4.69) is 30.3 Å². The van der Waals surface area contributed by atoms with Gasteiger partial charge in [0.05, 0.1) is 0 Å². The van der Waals surface area contributed by atoms with Crippen molar-refractivity contribution in [2.75, 3.05) is 0 Å². The summed E-state index contributed by atoms with van der Waals surface area (Å²) in [5, 5.41) is 0. The molecule has 0 heterocycles. The Bertz CT molecular complexity index is 314. The molecule has 0 bridgehead atoms. The Kier molecular flexibility index (Phi) is 11.5. The first-order valence-electron chi connectivity index (χ1n) is 8.11. The fourth-order valence-electron chi connectivity index (χ4n) is 2.51. The lowest BCUT2D eigenvalue weighted by atomic mass is 10.0. The van der Waals surface area contributed by atoms with Crippen LogP contribution in [0.1, 0.15) is 63.4 Å². The molecule has 114 valence electrons. The predicted octanol–water partition coefficient (Wildman–Crippen LogP) is 6.44. The lowest BCUT2D eigenvalue weighted by molar-refractivity contribution is 0.564. The minimum atomic E-state index is -1.33. The Hall–Kier alpha value is 0.0169. The van der Waals surface area contributed by atoms with Crippen LogP contribution in [0.15, 0.2) is 30.3 Å². The predicted molar refractivity (Wildman–Crippen MR) is 95.4 cm³/mol. The fraction of sp³-hybridized carbons (Fsp3) is 0.647. The zero-order valence-electron chi connectivity index (χ0n) is 12.5. The number of hydrogen-bond acceptors (Lipinski definition) is 0. The van der Waals surface area contributed by atoms with Gasteiger partial charge in [-0.1, -0.05) is 81.7 Å². The number of benzene rings is 1. The molecule has 0 N–H and O–H groups in total. The van der Waals surface area contributed by atoms with Gasteiger partial charge in [0.2, 0.25) is 7.42 Å². The van der Waals surface area contributed by atoms with Crippen molar-refractivity contribution in [3.63, 3.8) is 0 Å². The number of aryl methyl sites for hydroxylation is 1. The lowest BCUT2D eigenvalue weighted by Crippen LogP contribution is -1.91. The van der Waals surface area contributed by atoms with E-state index in [1.807, 2.05) is 0 Å². The maximum absolute atomic E-state index is 5.84. The van der Waals surface area contributed by atoms with Crippen LogP contribution in [-0.4, -0.2) is 7.42 Å². The number of rotatable bonds is 12. The van der Waals surface area contributed by atoms with Crippen LogP contribution in [0.5, 0.6) is 0 Å². The number of halogens is 2. The smallest absolute Gasteiger partial charge is 0.150 e. The highest BCUT2D eigenvalue weighted by molar-refractivity contribution is 7.33. The summed E-state index contributed by atoms with van der Waals surface area (Å²) in [6, 6.07) is 11.9. The van der Waals surface area contributed by atoms with Crippen molar-refractivity contribution in [2.45, 2.75) is 70.3 Å². The molecule has 3 heteroatoms. The molecule has 0 atom stereocenters. The van der Waals surface area contributed by atoms with Crippen LogP contribution >= 0.6 is 22.2 Å². The minimum Gasteiger partial charge on any atom is -0.150 e. The number of hydrogen-bond donors (Lipinski definition) is 0. The summed E-state index contributed by atoms with van der Waals surface area (Å²) in [5.41, 5.74) is 1.48. The van der Waals surface area contributed by atoms with Gasteiger partial charge in [0.1, 0.15) is 0 Å². The van der Waals surface area contributed by atoms with E-state index in [1.54, 1.807) is 0 Å². The van der Waals surface area contributed by atoms with E-state index >= 15 is 0 Å². The van der Waals surface area contributed by atoms with Crippen molar-refractivity contribution in [3.8, 4) is 0 Å². The quantitative estimate of drug-likeness (QED) is 0.235. The first kappa shape index (κ1) is 18.1. The molecule has 0 nitrogen and oxygen atoms in total. The molecule has 0 aromatic heterocycles. The lowest BCUT2D eigenvalue weighted by Gasteiger charge is -2.03. The summed E-state index contributed by atoms with van der Waals surface area (Å²) in [6.07, 6.45) is 13.4. The standard InChI is InChI=1S/C17H28Cl2Si/c18-20(19)16-12-7-5-3-1-2-4-6-9-13-17-14-10-8-11-15-17/h8,10-11,14-15,20H,1-7,9,12-13,16H2. The summed E-state index contributed by atoms with van der Waals surface area (Å²) >= 11 is 11.7. The Balaban J connectivity index is 1.79. The molecule has 1 aromatic rings. The average molecular weight is 331 g/mol. The fourth-order valence-corrected chi connectivity index (χ4v) is 4.03. The van der Waals surface area contributed by atoms with Gasteiger partial charge >= 0.3 is 0 Å². The van der Waals surface area contributed by atoms with Crippen LogP contribution < -0.4 is 0 Å². The van der Waals surface area contributed by atoms with Crippen LogP contribution in [0.4, 0.5) is 0 Å². The highest BCUT2D eigenvalue weighted by Crippen LogP contribution is 2.14. The van der Waals surface area contributed by atoms with Gasteiger partial charge in [-0.25, -0.2) is 0 Å². The largest absolute Gasteiger partial charge is 0.237 e. The van der Waals surface area contributed by atoms with Crippen molar-refractivity contribution in [1.29, 1.82) is 0 Å². The first-order valence-corrected chi connectivity index (χ1v) is 12.4. The van der Waals surface area contributed by atoms with Crippen molar-refractivity contribution in [3.05, 3.63) is 35.9 Å². The van der Waals surface area contributed by atoms with Crippen molar-refractivity contribution in [1.82, 2.24) is 0 Å².